The molecule has 0 heterocycles. The number of ether oxygens (including phenoxy) is 1. The monoisotopic (exact) mass is 474 g/mol. The molecule has 0 fully saturated rings. The lowest BCUT2D eigenvalue weighted by atomic mass is 9.89. The van der Waals surface area contributed by atoms with E-state index in [1.165, 1.54) is 77.0 Å². The molecule has 0 radical (unpaired) electrons. The van der Waals surface area contributed by atoms with Gasteiger partial charge in [-0.2, -0.15) is 0 Å². The zero-order valence-electron chi connectivity index (χ0n) is 22.9. The molecule has 0 amide bonds. The minimum Gasteiger partial charge on any atom is -0.489 e. The predicted molar refractivity (Wildman–Crippen MR) is 145 cm³/mol. The van der Waals surface area contributed by atoms with E-state index >= 15 is 0 Å². The molecule has 0 aliphatic heterocycles. The van der Waals surface area contributed by atoms with Crippen LogP contribution in [0.15, 0.2) is 23.0 Å². The molecule has 1 rings (SSSR count). The molecule has 0 aromatic heterocycles. The van der Waals surface area contributed by atoms with Crippen LogP contribution in [0.2, 0.25) is 0 Å². The van der Waals surface area contributed by atoms with Crippen molar-refractivity contribution in [2.24, 2.45) is 0 Å². The highest BCUT2D eigenvalue weighted by Gasteiger charge is 2.29. The maximum absolute atomic E-state index is 13.2. The largest absolute Gasteiger partial charge is 0.489 e. The van der Waals surface area contributed by atoms with Crippen LogP contribution in [0.1, 0.15) is 156 Å². The van der Waals surface area contributed by atoms with Gasteiger partial charge in [0.25, 0.3) is 0 Å². The van der Waals surface area contributed by atoms with Gasteiger partial charge in [-0.15, -0.1) is 0 Å². The summed E-state index contributed by atoms with van der Waals surface area (Å²) in [5.74, 6) is 0.373. The van der Waals surface area contributed by atoms with Crippen LogP contribution in [-0.4, -0.2) is 18.2 Å². The molecular weight excluding hydrogens is 420 g/mol. The van der Waals surface area contributed by atoms with Crippen molar-refractivity contribution >= 4 is 11.6 Å². The summed E-state index contributed by atoms with van der Waals surface area (Å²) in [6.45, 7) is 7.18. The second kappa shape index (κ2) is 20.9. The van der Waals surface area contributed by atoms with Crippen molar-refractivity contribution in [3.05, 3.63) is 23.0 Å². The molecule has 196 valence electrons. The van der Waals surface area contributed by atoms with Crippen molar-refractivity contribution in [3.8, 4) is 0 Å². The predicted octanol–water partition coefficient (Wildman–Crippen LogP) is 9.59. The Balaban J connectivity index is 2.53. The molecule has 1 aliphatic carbocycles. The van der Waals surface area contributed by atoms with Crippen molar-refractivity contribution in [1.29, 1.82) is 0 Å². The molecule has 0 atom stereocenters. The van der Waals surface area contributed by atoms with Gasteiger partial charge in [-0.25, -0.2) is 0 Å². The summed E-state index contributed by atoms with van der Waals surface area (Å²) in [4.78, 5) is 26.2. The molecular formula is C31H54O3. The van der Waals surface area contributed by atoms with Crippen molar-refractivity contribution < 1.29 is 14.3 Å². The summed E-state index contributed by atoms with van der Waals surface area (Å²) in [5.41, 5.74) is 1.30. The smallest absolute Gasteiger partial charge is 0.224 e. The zero-order valence-corrected chi connectivity index (χ0v) is 22.9. The van der Waals surface area contributed by atoms with E-state index in [2.05, 4.69) is 20.8 Å². The van der Waals surface area contributed by atoms with Crippen molar-refractivity contribution in [3.63, 3.8) is 0 Å². The lowest BCUT2D eigenvalue weighted by Gasteiger charge is -2.20. The highest BCUT2D eigenvalue weighted by Crippen LogP contribution is 2.28. The number of carbonyl (C=O) groups excluding carboxylic acids is 2. The van der Waals surface area contributed by atoms with Crippen LogP contribution in [0.4, 0.5) is 0 Å². The Bertz CT molecular complexity index is 614. The quantitative estimate of drug-likeness (QED) is 0.109. The first-order valence-electron chi connectivity index (χ1n) is 14.8. The van der Waals surface area contributed by atoms with Crippen LogP contribution in [0, 0.1) is 0 Å². The molecule has 3 nitrogen and oxygen atoms in total. The van der Waals surface area contributed by atoms with Gasteiger partial charge in [-0.3, -0.25) is 9.59 Å². The van der Waals surface area contributed by atoms with Gasteiger partial charge in [-0.1, -0.05) is 124 Å². The van der Waals surface area contributed by atoms with E-state index in [9.17, 15) is 9.59 Å². The Labute approximate surface area is 211 Å². The van der Waals surface area contributed by atoms with Gasteiger partial charge < -0.3 is 4.74 Å². The lowest BCUT2D eigenvalue weighted by molar-refractivity contribution is -0.119. The molecule has 0 bridgehead atoms. The third-order valence-corrected chi connectivity index (χ3v) is 6.95. The fourth-order valence-electron chi connectivity index (χ4n) is 4.69. The van der Waals surface area contributed by atoms with Gasteiger partial charge >= 0.3 is 0 Å². The van der Waals surface area contributed by atoms with Crippen LogP contribution >= 0.6 is 0 Å². The van der Waals surface area contributed by atoms with E-state index in [1.807, 2.05) is 0 Å². The highest BCUT2D eigenvalue weighted by atomic mass is 16.5. The fraction of sp³-hybridized carbons (Fsp3) is 0.806. The van der Waals surface area contributed by atoms with E-state index in [0.29, 0.717) is 36.4 Å². The van der Waals surface area contributed by atoms with Gasteiger partial charge in [0.05, 0.1) is 6.61 Å². The molecule has 3 heteroatoms. The molecule has 0 spiro atoms. The van der Waals surface area contributed by atoms with E-state index in [0.717, 1.165) is 44.9 Å². The van der Waals surface area contributed by atoms with Crippen LogP contribution in [0.5, 0.6) is 0 Å². The second-order valence-corrected chi connectivity index (χ2v) is 10.2. The SMILES string of the molecule is CCCCCCCCCCC1=CC(=O)C(CCCCCCCCCC)=C(OCCCCC)C1=O. The third-order valence-electron chi connectivity index (χ3n) is 6.95. The van der Waals surface area contributed by atoms with E-state index in [4.69, 9.17) is 4.74 Å². The number of ketones is 2. The average Bonchev–Trinajstić information content (AvgIpc) is 2.83. The fourth-order valence-corrected chi connectivity index (χ4v) is 4.69. The van der Waals surface area contributed by atoms with Crippen LogP contribution < -0.4 is 0 Å². The number of allylic oxidation sites excluding steroid dienone is 3. The Hall–Kier alpha value is -1.38. The maximum atomic E-state index is 13.2. The summed E-state index contributed by atoms with van der Waals surface area (Å²) < 4.78 is 5.98. The Morgan fingerprint density at radius 2 is 1.00 bits per heavy atom. The van der Waals surface area contributed by atoms with Gasteiger partial charge in [0, 0.05) is 11.1 Å². The molecule has 0 aromatic rings. The van der Waals surface area contributed by atoms with Gasteiger partial charge in [0.15, 0.2) is 11.5 Å². The van der Waals surface area contributed by atoms with Gasteiger partial charge in [-0.05, 0) is 38.2 Å². The molecule has 0 unspecified atom stereocenters. The molecule has 0 saturated carbocycles. The molecule has 0 N–H and O–H groups in total. The molecule has 1 aliphatic rings. The second-order valence-electron chi connectivity index (χ2n) is 10.2. The maximum Gasteiger partial charge on any atom is 0.224 e. The summed E-state index contributed by atoms with van der Waals surface area (Å²) in [7, 11) is 0. The number of rotatable bonds is 23. The molecule has 34 heavy (non-hydrogen) atoms. The van der Waals surface area contributed by atoms with Crippen LogP contribution in [0.25, 0.3) is 0 Å². The Kier molecular flexibility index (Phi) is 18.9. The minimum absolute atomic E-state index is 0.0163. The average molecular weight is 475 g/mol. The Morgan fingerprint density at radius 1 is 0.559 bits per heavy atom. The lowest BCUT2D eigenvalue weighted by Crippen LogP contribution is -2.22. The number of carbonyl (C=O) groups is 2. The van der Waals surface area contributed by atoms with E-state index in [1.54, 1.807) is 6.08 Å². The van der Waals surface area contributed by atoms with Crippen molar-refractivity contribution in [2.45, 2.75) is 156 Å². The summed E-state index contributed by atoms with van der Waals surface area (Å²) in [5, 5.41) is 0. The summed E-state index contributed by atoms with van der Waals surface area (Å²) in [6.07, 6.45) is 25.8. The topological polar surface area (TPSA) is 43.4 Å². The van der Waals surface area contributed by atoms with E-state index < -0.39 is 0 Å². The zero-order chi connectivity index (χ0) is 24.9. The van der Waals surface area contributed by atoms with Gasteiger partial charge in [0.2, 0.25) is 5.78 Å². The summed E-state index contributed by atoms with van der Waals surface area (Å²) in [6, 6.07) is 0. The minimum atomic E-state index is -0.0198. The standard InChI is InChI=1S/C31H54O3/c1-4-7-10-12-14-16-18-20-23-27-26-29(32)28(24-21-19-17-15-13-11-8-5-2)31(30(27)33)34-25-22-9-6-3/h26H,4-25H2,1-3H3. The van der Waals surface area contributed by atoms with Crippen LogP contribution in [0.3, 0.4) is 0 Å². The first-order chi connectivity index (χ1) is 16.7. The molecule has 0 aromatic carbocycles. The third kappa shape index (κ3) is 13.5. The number of Topliss-reactive ketones (excluding diaryl/α,β-unsaturated/α-hetero) is 1. The number of hydrogen-bond donors (Lipinski definition) is 0. The Morgan fingerprint density at radius 3 is 1.53 bits per heavy atom. The molecule has 0 saturated heterocycles. The first-order valence-corrected chi connectivity index (χ1v) is 14.8. The highest BCUT2D eigenvalue weighted by molar-refractivity contribution is 6.21. The van der Waals surface area contributed by atoms with Crippen molar-refractivity contribution in [2.75, 3.05) is 6.61 Å². The van der Waals surface area contributed by atoms with Crippen LogP contribution in [-0.2, 0) is 14.3 Å². The normalized spacial score (nSPS) is 14.1. The number of unbranched alkanes of at least 4 members (excludes halogenated alkanes) is 16. The van der Waals surface area contributed by atoms with E-state index in [-0.39, 0.29) is 11.6 Å². The van der Waals surface area contributed by atoms with Crippen molar-refractivity contribution in [1.82, 2.24) is 0 Å². The van der Waals surface area contributed by atoms with Gasteiger partial charge in [0.1, 0.15) is 0 Å². The summed E-state index contributed by atoms with van der Waals surface area (Å²) >= 11 is 0. The first kappa shape index (κ1) is 30.7. The number of hydrogen-bond acceptors (Lipinski definition) is 3.